The first-order valence-electron chi connectivity index (χ1n) is 6.19. The fraction of sp³-hybridized carbons (Fsp3) is 0.538. The zero-order valence-corrected chi connectivity index (χ0v) is 10.4. The van der Waals surface area contributed by atoms with Crippen LogP contribution in [0.5, 0.6) is 0 Å². The smallest absolute Gasteiger partial charge is 0.272 e. The summed E-state index contributed by atoms with van der Waals surface area (Å²) in [6.07, 6.45) is 4.99. The lowest BCUT2D eigenvalue weighted by Gasteiger charge is -2.16. The van der Waals surface area contributed by atoms with Crippen molar-refractivity contribution in [2.24, 2.45) is 0 Å². The van der Waals surface area contributed by atoms with Crippen LogP contribution >= 0.6 is 0 Å². The van der Waals surface area contributed by atoms with Crippen molar-refractivity contribution in [2.75, 3.05) is 18.9 Å². The number of nitrogens with one attached hydrogen (secondary N) is 1. The molecule has 1 N–H and O–H groups in total. The van der Waals surface area contributed by atoms with Crippen LogP contribution in [0.25, 0.3) is 0 Å². The second-order valence-electron chi connectivity index (χ2n) is 4.50. The van der Waals surface area contributed by atoms with Gasteiger partial charge in [-0.25, -0.2) is 0 Å². The third-order valence-corrected chi connectivity index (χ3v) is 2.97. The van der Waals surface area contributed by atoms with E-state index >= 15 is 0 Å². The summed E-state index contributed by atoms with van der Waals surface area (Å²) in [7, 11) is 1.85. The van der Waals surface area contributed by atoms with Crippen LogP contribution in [-0.4, -0.2) is 35.4 Å². The molecule has 0 aromatic carbocycles. The minimum absolute atomic E-state index is 0.0210. The minimum Gasteiger partial charge on any atom is -0.385 e. The molecule has 1 aromatic rings. The van der Waals surface area contributed by atoms with Gasteiger partial charge < -0.3 is 10.2 Å². The fourth-order valence-electron chi connectivity index (χ4n) is 1.74. The third-order valence-electron chi connectivity index (χ3n) is 2.97. The number of rotatable bonds is 5. The number of pyridine rings is 1. The Morgan fingerprint density at radius 2 is 2.35 bits per heavy atom. The number of hydrogen-bond acceptors (Lipinski definition) is 3. The van der Waals surface area contributed by atoms with E-state index in [1.54, 1.807) is 11.1 Å². The van der Waals surface area contributed by atoms with Crippen molar-refractivity contribution in [1.29, 1.82) is 0 Å². The molecule has 0 unspecified atom stereocenters. The highest BCUT2D eigenvalue weighted by atomic mass is 16.2. The molecule has 1 aromatic heterocycles. The molecule has 92 valence electrons. The van der Waals surface area contributed by atoms with Crippen molar-refractivity contribution in [3.63, 3.8) is 0 Å². The van der Waals surface area contributed by atoms with Crippen molar-refractivity contribution in [3.8, 4) is 0 Å². The Morgan fingerprint density at radius 1 is 1.59 bits per heavy atom. The lowest BCUT2D eigenvalue weighted by atomic mass is 10.2. The largest absolute Gasteiger partial charge is 0.385 e. The van der Waals surface area contributed by atoms with E-state index in [4.69, 9.17) is 0 Å². The predicted octanol–water partition coefficient (Wildman–Crippen LogP) is 2.14. The van der Waals surface area contributed by atoms with Crippen LogP contribution < -0.4 is 5.32 Å². The van der Waals surface area contributed by atoms with E-state index < -0.39 is 0 Å². The molecule has 1 aliphatic rings. The van der Waals surface area contributed by atoms with Crippen molar-refractivity contribution in [3.05, 3.63) is 24.0 Å². The van der Waals surface area contributed by atoms with E-state index in [2.05, 4.69) is 17.2 Å². The van der Waals surface area contributed by atoms with Gasteiger partial charge in [0.1, 0.15) is 5.69 Å². The van der Waals surface area contributed by atoms with Gasteiger partial charge in [0, 0.05) is 31.5 Å². The molecule has 0 spiro atoms. The summed E-state index contributed by atoms with van der Waals surface area (Å²) in [5.41, 5.74) is 1.50. The number of amides is 1. The van der Waals surface area contributed by atoms with Crippen molar-refractivity contribution >= 4 is 11.6 Å². The minimum atomic E-state index is 0.0210. The molecule has 4 nitrogen and oxygen atoms in total. The van der Waals surface area contributed by atoms with E-state index in [-0.39, 0.29) is 5.91 Å². The second kappa shape index (κ2) is 5.17. The molecule has 1 fully saturated rings. The maximum Gasteiger partial charge on any atom is 0.272 e. The highest BCUT2D eigenvalue weighted by molar-refractivity contribution is 5.93. The van der Waals surface area contributed by atoms with E-state index in [1.807, 2.05) is 19.2 Å². The summed E-state index contributed by atoms with van der Waals surface area (Å²) < 4.78 is 0. The van der Waals surface area contributed by atoms with Crippen LogP contribution in [-0.2, 0) is 0 Å². The molecule has 2 rings (SSSR count). The van der Waals surface area contributed by atoms with Gasteiger partial charge in [0.05, 0.1) is 0 Å². The van der Waals surface area contributed by atoms with Crippen LogP contribution in [0, 0.1) is 0 Å². The maximum atomic E-state index is 12.1. The van der Waals surface area contributed by atoms with Crippen molar-refractivity contribution in [1.82, 2.24) is 9.88 Å². The monoisotopic (exact) mass is 233 g/mol. The Balaban J connectivity index is 2.06. The van der Waals surface area contributed by atoms with E-state index in [0.29, 0.717) is 11.7 Å². The molecule has 17 heavy (non-hydrogen) atoms. The predicted molar refractivity (Wildman–Crippen MR) is 68.1 cm³/mol. The van der Waals surface area contributed by atoms with Gasteiger partial charge in [0.25, 0.3) is 5.91 Å². The lowest BCUT2D eigenvalue weighted by Crippen LogP contribution is -2.29. The van der Waals surface area contributed by atoms with Crippen LogP contribution in [0.2, 0.25) is 0 Å². The average Bonchev–Trinajstić information content (AvgIpc) is 3.19. The molecular weight excluding hydrogens is 214 g/mol. The molecule has 0 saturated heterocycles. The van der Waals surface area contributed by atoms with Gasteiger partial charge in [-0.2, -0.15) is 0 Å². The Kier molecular flexibility index (Phi) is 3.61. The van der Waals surface area contributed by atoms with Crippen LogP contribution in [0.3, 0.4) is 0 Å². The number of anilines is 1. The maximum absolute atomic E-state index is 12.1. The number of nitrogens with zero attached hydrogens (tertiary/aromatic N) is 2. The Hall–Kier alpha value is -1.58. The molecule has 1 saturated carbocycles. The second-order valence-corrected chi connectivity index (χ2v) is 4.50. The first kappa shape index (κ1) is 11.9. The number of aromatic nitrogens is 1. The average molecular weight is 233 g/mol. The first-order chi connectivity index (χ1) is 8.22. The normalized spacial score (nSPS) is 14.5. The SMILES string of the molecule is CCCNc1ccnc(C(=O)N(C)C2CC2)c1. The van der Waals surface area contributed by atoms with Crippen molar-refractivity contribution < 1.29 is 4.79 Å². The van der Waals surface area contributed by atoms with Crippen LogP contribution in [0.4, 0.5) is 5.69 Å². The highest BCUT2D eigenvalue weighted by Gasteiger charge is 2.30. The molecule has 1 aliphatic carbocycles. The van der Waals surface area contributed by atoms with Gasteiger partial charge in [0.15, 0.2) is 0 Å². The quantitative estimate of drug-likeness (QED) is 0.847. The van der Waals surface area contributed by atoms with Gasteiger partial charge in [-0.3, -0.25) is 9.78 Å². The Morgan fingerprint density at radius 3 is 3.00 bits per heavy atom. The molecule has 1 amide bonds. The van der Waals surface area contributed by atoms with E-state index in [0.717, 1.165) is 31.5 Å². The third kappa shape index (κ3) is 2.96. The molecule has 0 atom stereocenters. The molecule has 0 aliphatic heterocycles. The Bertz CT molecular complexity index is 401. The van der Waals surface area contributed by atoms with Gasteiger partial charge in [-0.05, 0) is 31.4 Å². The zero-order valence-electron chi connectivity index (χ0n) is 10.4. The van der Waals surface area contributed by atoms with E-state index in [9.17, 15) is 4.79 Å². The standard InChI is InChI=1S/C13H19N3O/c1-3-7-14-10-6-8-15-12(9-10)13(17)16(2)11-4-5-11/h6,8-9,11H,3-5,7H2,1-2H3,(H,14,15). The number of hydrogen-bond donors (Lipinski definition) is 1. The summed E-state index contributed by atoms with van der Waals surface area (Å²) in [6, 6.07) is 4.15. The summed E-state index contributed by atoms with van der Waals surface area (Å²) in [5.74, 6) is 0.0210. The molecule has 4 heteroatoms. The summed E-state index contributed by atoms with van der Waals surface area (Å²) in [5, 5.41) is 3.26. The number of carbonyl (C=O) groups is 1. The zero-order chi connectivity index (χ0) is 12.3. The van der Waals surface area contributed by atoms with Gasteiger partial charge in [-0.1, -0.05) is 6.92 Å². The summed E-state index contributed by atoms with van der Waals surface area (Å²) >= 11 is 0. The molecule has 0 bridgehead atoms. The highest BCUT2D eigenvalue weighted by Crippen LogP contribution is 2.26. The van der Waals surface area contributed by atoms with Gasteiger partial charge in [-0.15, -0.1) is 0 Å². The van der Waals surface area contributed by atoms with Gasteiger partial charge in [0.2, 0.25) is 0 Å². The number of carbonyl (C=O) groups excluding carboxylic acids is 1. The van der Waals surface area contributed by atoms with E-state index in [1.165, 1.54) is 0 Å². The fourth-order valence-corrected chi connectivity index (χ4v) is 1.74. The van der Waals surface area contributed by atoms with Crippen LogP contribution in [0.1, 0.15) is 36.7 Å². The van der Waals surface area contributed by atoms with Crippen molar-refractivity contribution in [2.45, 2.75) is 32.2 Å². The Labute approximate surface area is 102 Å². The first-order valence-corrected chi connectivity index (χ1v) is 6.19. The molecule has 0 radical (unpaired) electrons. The van der Waals surface area contributed by atoms with Gasteiger partial charge >= 0.3 is 0 Å². The molecular formula is C13H19N3O. The lowest BCUT2D eigenvalue weighted by molar-refractivity contribution is 0.0779. The van der Waals surface area contributed by atoms with Crippen LogP contribution in [0.15, 0.2) is 18.3 Å². The molecule has 1 heterocycles. The summed E-state index contributed by atoms with van der Waals surface area (Å²) in [4.78, 5) is 18.0. The summed E-state index contributed by atoms with van der Waals surface area (Å²) in [6.45, 7) is 3.03. The topological polar surface area (TPSA) is 45.2 Å².